The molecule has 2 saturated heterocycles. The summed E-state index contributed by atoms with van der Waals surface area (Å²) >= 11 is 0. The highest BCUT2D eigenvalue weighted by Crippen LogP contribution is 2.25. The van der Waals surface area contributed by atoms with E-state index in [0.29, 0.717) is 26.2 Å². The molecule has 0 aliphatic carbocycles. The molecule has 0 spiro atoms. The summed E-state index contributed by atoms with van der Waals surface area (Å²) in [6, 6.07) is 5.88. The van der Waals surface area contributed by atoms with Gasteiger partial charge in [-0.3, -0.25) is 0 Å². The second-order valence-electron chi connectivity index (χ2n) is 6.72. The number of likely N-dealkylation sites (tertiary alicyclic amines) is 2. The number of rotatable bonds is 3. The molecular weight excluding hydrogens is 339 g/mol. The van der Waals surface area contributed by atoms with Crippen molar-refractivity contribution in [2.45, 2.75) is 44.8 Å². The first-order valence-electron chi connectivity index (χ1n) is 9.31. The van der Waals surface area contributed by atoms with Crippen molar-refractivity contribution >= 4 is 12.2 Å². The number of hydrogen-bond acceptors (Lipinski definition) is 4. The number of piperidine rings is 2. The van der Waals surface area contributed by atoms with E-state index in [-0.39, 0.29) is 5.56 Å². The molecule has 2 fully saturated rings. The maximum atomic E-state index is 14.2. The Hall–Kier alpha value is -2.31. The summed E-state index contributed by atoms with van der Waals surface area (Å²) < 4.78 is 25.0. The normalized spacial score (nSPS) is 17.9. The fraction of sp³-hybridized carbons (Fsp3) is 0.579. The van der Waals surface area contributed by atoms with E-state index in [4.69, 9.17) is 9.47 Å². The fourth-order valence-electron chi connectivity index (χ4n) is 3.30. The predicted octanol–water partition coefficient (Wildman–Crippen LogP) is 4.07. The Morgan fingerprint density at radius 1 is 0.808 bits per heavy atom. The predicted molar refractivity (Wildman–Crippen MR) is 93.0 cm³/mol. The van der Waals surface area contributed by atoms with Crippen LogP contribution >= 0.6 is 0 Å². The molecule has 6 nitrogen and oxygen atoms in total. The van der Waals surface area contributed by atoms with Crippen LogP contribution in [-0.2, 0) is 9.47 Å². The van der Waals surface area contributed by atoms with Gasteiger partial charge in [-0.25, -0.2) is 14.0 Å². The van der Waals surface area contributed by atoms with Crippen LogP contribution in [0.1, 0.15) is 50.4 Å². The van der Waals surface area contributed by atoms with Crippen molar-refractivity contribution in [1.29, 1.82) is 0 Å². The highest BCUT2D eigenvalue weighted by Gasteiger charge is 2.29. The van der Waals surface area contributed by atoms with Gasteiger partial charge in [-0.15, -0.1) is 0 Å². The lowest BCUT2D eigenvalue weighted by atomic mass is 10.1. The number of hydrogen-bond donors (Lipinski definition) is 0. The molecule has 0 aromatic heterocycles. The van der Waals surface area contributed by atoms with E-state index in [9.17, 15) is 14.0 Å². The first-order chi connectivity index (χ1) is 12.6. The summed E-state index contributed by atoms with van der Waals surface area (Å²) in [4.78, 5) is 28.0. The lowest BCUT2D eigenvalue weighted by molar-refractivity contribution is -0.0872. The van der Waals surface area contributed by atoms with Gasteiger partial charge in [0.05, 0.1) is 5.56 Å². The van der Waals surface area contributed by atoms with E-state index >= 15 is 0 Å². The van der Waals surface area contributed by atoms with Crippen molar-refractivity contribution in [1.82, 2.24) is 9.80 Å². The standard InChI is InChI=1S/C19H25FN2O4/c20-16-10-4-3-9-15(16)17(25-18(23)21-11-5-1-6-12-21)26-19(24)22-13-7-2-8-14-22/h3-4,9-10,17H,1-2,5-8,11-14H2. The Morgan fingerprint density at radius 3 is 1.73 bits per heavy atom. The molecule has 1 aromatic rings. The van der Waals surface area contributed by atoms with Gasteiger partial charge in [-0.1, -0.05) is 12.1 Å². The van der Waals surface area contributed by atoms with Crippen molar-refractivity contribution in [2.24, 2.45) is 0 Å². The third kappa shape index (κ3) is 4.65. The second kappa shape index (κ2) is 8.87. The average Bonchev–Trinajstić information content (AvgIpc) is 2.69. The SMILES string of the molecule is O=C(OC(OC(=O)N1CCCCC1)c1ccccc1F)N1CCCCC1. The van der Waals surface area contributed by atoms with E-state index in [0.717, 1.165) is 38.5 Å². The highest BCUT2D eigenvalue weighted by atomic mass is 19.1. The minimum absolute atomic E-state index is 0.0446. The van der Waals surface area contributed by atoms with Crippen LogP contribution in [0.25, 0.3) is 0 Å². The first kappa shape index (κ1) is 18.5. The van der Waals surface area contributed by atoms with Crippen molar-refractivity contribution in [2.75, 3.05) is 26.2 Å². The Balaban J connectivity index is 1.72. The molecule has 2 aliphatic rings. The van der Waals surface area contributed by atoms with E-state index in [1.165, 1.54) is 18.2 Å². The van der Waals surface area contributed by atoms with E-state index in [1.54, 1.807) is 15.9 Å². The Kier molecular flexibility index (Phi) is 6.30. The van der Waals surface area contributed by atoms with E-state index < -0.39 is 24.3 Å². The molecule has 0 unspecified atom stereocenters. The van der Waals surface area contributed by atoms with E-state index in [2.05, 4.69) is 0 Å². The molecule has 0 bridgehead atoms. The zero-order valence-electron chi connectivity index (χ0n) is 14.9. The maximum Gasteiger partial charge on any atom is 0.413 e. The van der Waals surface area contributed by atoms with Gasteiger partial charge in [-0.05, 0) is 50.7 Å². The molecule has 0 radical (unpaired) electrons. The van der Waals surface area contributed by atoms with Crippen LogP contribution in [0.5, 0.6) is 0 Å². The van der Waals surface area contributed by atoms with Gasteiger partial charge < -0.3 is 19.3 Å². The van der Waals surface area contributed by atoms with Gasteiger partial charge in [0.1, 0.15) is 5.82 Å². The monoisotopic (exact) mass is 364 g/mol. The number of ether oxygens (including phenoxy) is 2. The smallest absolute Gasteiger partial charge is 0.404 e. The first-order valence-corrected chi connectivity index (χ1v) is 9.31. The lowest BCUT2D eigenvalue weighted by Gasteiger charge is -2.30. The number of nitrogens with zero attached hydrogens (tertiary/aromatic N) is 2. The molecule has 0 saturated carbocycles. The molecule has 2 amide bonds. The van der Waals surface area contributed by atoms with Crippen LogP contribution in [0, 0.1) is 5.82 Å². The summed E-state index contributed by atoms with van der Waals surface area (Å²) in [7, 11) is 0. The summed E-state index contributed by atoms with van der Waals surface area (Å²) in [5.41, 5.74) is 0.0446. The largest absolute Gasteiger partial charge is 0.413 e. The van der Waals surface area contributed by atoms with Gasteiger partial charge >= 0.3 is 12.2 Å². The fourth-order valence-corrected chi connectivity index (χ4v) is 3.30. The Morgan fingerprint density at radius 2 is 1.27 bits per heavy atom. The van der Waals surface area contributed by atoms with Crippen LogP contribution in [0.15, 0.2) is 24.3 Å². The quantitative estimate of drug-likeness (QED) is 0.759. The van der Waals surface area contributed by atoms with E-state index in [1.807, 2.05) is 0 Å². The van der Waals surface area contributed by atoms with Gasteiger partial charge in [0, 0.05) is 26.2 Å². The highest BCUT2D eigenvalue weighted by molar-refractivity contribution is 5.70. The Labute approximate surface area is 152 Å². The third-order valence-corrected chi connectivity index (χ3v) is 4.80. The molecular formula is C19H25FN2O4. The summed E-state index contributed by atoms with van der Waals surface area (Å²) in [6.45, 7) is 2.40. The van der Waals surface area contributed by atoms with Gasteiger partial charge in [0.25, 0.3) is 6.29 Å². The van der Waals surface area contributed by atoms with Crippen LogP contribution in [0.4, 0.5) is 14.0 Å². The summed E-state index contributed by atoms with van der Waals surface area (Å²) in [5.74, 6) is -0.574. The molecule has 7 heteroatoms. The molecule has 2 aliphatic heterocycles. The molecule has 1 aromatic carbocycles. The number of benzene rings is 1. The van der Waals surface area contributed by atoms with Crippen molar-refractivity contribution in [3.8, 4) is 0 Å². The van der Waals surface area contributed by atoms with Gasteiger partial charge in [0.15, 0.2) is 0 Å². The topological polar surface area (TPSA) is 59.1 Å². The molecule has 142 valence electrons. The Bertz CT molecular complexity index is 596. The van der Waals surface area contributed by atoms with Gasteiger partial charge in [0.2, 0.25) is 0 Å². The number of carbonyl (C=O) groups is 2. The zero-order valence-corrected chi connectivity index (χ0v) is 14.9. The van der Waals surface area contributed by atoms with Crippen LogP contribution in [0.3, 0.4) is 0 Å². The minimum Gasteiger partial charge on any atom is -0.404 e. The third-order valence-electron chi connectivity index (χ3n) is 4.80. The van der Waals surface area contributed by atoms with Crippen LogP contribution < -0.4 is 0 Å². The average molecular weight is 364 g/mol. The van der Waals surface area contributed by atoms with Crippen molar-refractivity contribution in [3.05, 3.63) is 35.6 Å². The lowest BCUT2D eigenvalue weighted by Crippen LogP contribution is -2.40. The number of amides is 2. The van der Waals surface area contributed by atoms with Gasteiger partial charge in [-0.2, -0.15) is 0 Å². The van der Waals surface area contributed by atoms with Crippen molar-refractivity contribution in [3.63, 3.8) is 0 Å². The summed E-state index contributed by atoms with van der Waals surface area (Å²) in [6.07, 6.45) is 3.24. The molecule has 26 heavy (non-hydrogen) atoms. The molecule has 0 atom stereocenters. The molecule has 3 rings (SSSR count). The second-order valence-corrected chi connectivity index (χ2v) is 6.72. The summed E-state index contributed by atoms with van der Waals surface area (Å²) in [5, 5.41) is 0. The number of carbonyl (C=O) groups excluding carboxylic acids is 2. The van der Waals surface area contributed by atoms with Crippen molar-refractivity contribution < 1.29 is 23.5 Å². The maximum absolute atomic E-state index is 14.2. The zero-order chi connectivity index (χ0) is 18.4. The molecule has 0 N–H and O–H groups in total. The van der Waals surface area contributed by atoms with Crippen LogP contribution in [-0.4, -0.2) is 48.2 Å². The van der Waals surface area contributed by atoms with Crippen LogP contribution in [0.2, 0.25) is 0 Å². The molecule has 2 heterocycles. The minimum atomic E-state index is -1.39. The number of halogens is 1.